The molecule has 3 rings (SSSR count). The van der Waals surface area contributed by atoms with Gasteiger partial charge in [0.2, 0.25) is 5.91 Å². The third-order valence-electron chi connectivity index (χ3n) is 4.45. The van der Waals surface area contributed by atoms with E-state index in [9.17, 15) is 4.79 Å². The summed E-state index contributed by atoms with van der Waals surface area (Å²) >= 11 is 1.53. The summed E-state index contributed by atoms with van der Waals surface area (Å²) in [5.74, 6) is 0.0320. The second-order valence-electron chi connectivity index (χ2n) is 6.27. The monoisotopic (exact) mass is 397 g/mol. The Hall–Kier alpha value is -1.61. The molecular weight excluding hydrogens is 374 g/mol. The van der Waals surface area contributed by atoms with Gasteiger partial charge in [0, 0.05) is 24.7 Å². The maximum absolute atomic E-state index is 12.8. The largest absolute Gasteiger partial charge is 0.384 e. The number of halogens is 1. The van der Waals surface area contributed by atoms with Gasteiger partial charge < -0.3 is 19.9 Å². The maximum Gasteiger partial charge on any atom is 0.233 e. The molecule has 2 heterocycles. The molecule has 26 heavy (non-hydrogen) atoms. The van der Waals surface area contributed by atoms with Crippen LogP contribution in [-0.2, 0) is 16.6 Å². The van der Waals surface area contributed by atoms with E-state index in [2.05, 4.69) is 20.8 Å². The van der Waals surface area contributed by atoms with Crippen molar-refractivity contribution in [2.75, 3.05) is 32.1 Å². The highest BCUT2D eigenvalue weighted by molar-refractivity contribution is 7.99. The minimum absolute atomic E-state index is 0. The summed E-state index contributed by atoms with van der Waals surface area (Å²) in [6.45, 7) is 2.12. The number of ether oxygens (including phenoxy) is 1. The number of hydrogen-bond acceptors (Lipinski definition) is 6. The Morgan fingerprint density at radius 3 is 2.62 bits per heavy atom. The molecule has 7 nitrogen and oxygen atoms in total. The summed E-state index contributed by atoms with van der Waals surface area (Å²) in [4.78, 5) is 13.9. The molecule has 0 unspecified atom stereocenters. The molecule has 1 aromatic carbocycles. The number of aromatic nitrogens is 3. The smallest absolute Gasteiger partial charge is 0.233 e. The minimum Gasteiger partial charge on any atom is -0.384 e. The Kier molecular flexibility index (Phi) is 7.45. The van der Waals surface area contributed by atoms with Crippen LogP contribution in [0.15, 0.2) is 40.6 Å². The van der Waals surface area contributed by atoms with Crippen LogP contribution in [0.5, 0.6) is 0 Å². The first-order valence-electron chi connectivity index (χ1n) is 8.26. The maximum atomic E-state index is 12.8. The van der Waals surface area contributed by atoms with Crippen molar-refractivity contribution in [3.8, 4) is 0 Å². The predicted octanol–water partition coefficient (Wildman–Crippen LogP) is 2.34. The lowest BCUT2D eigenvalue weighted by atomic mass is 9.78. The fourth-order valence-corrected chi connectivity index (χ4v) is 3.72. The standard InChI is InChI=1S/C17H23N5O2S.ClH/c1-22-12-19-21-16(22)25-14-5-3-13(4-6-14)20-15(23)17(11-24-2)7-9-18-10-8-17;/h3-6,12,18H,7-11H2,1-2H3,(H,20,23);1H. The Balaban J connectivity index is 0.00000243. The van der Waals surface area contributed by atoms with Crippen LogP contribution in [0.25, 0.3) is 0 Å². The SMILES string of the molecule is COCC1(C(=O)Nc2ccc(Sc3nncn3C)cc2)CCNCC1.Cl. The molecule has 1 amide bonds. The molecular formula is C17H24ClN5O2S. The van der Waals surface area contributed by atoms with E-state index in [0.29, 0.717) is 6.61 Å². The van der Waals surface area contributed by atoms with Crippen LogP contribution in [0.3, 0.4) is 0 Å². The number of hydrogen-bond donors (Lipinski definition) is 2. The average molecular weight is 398 g/mol. The van der Waals surface area contributed by atoms with Gasteiger partial charge in [0.15, 0.2) is 5.16 Å². The van der Waals surface area contributed by atoms with Gasteiger partial charge in [0.05, 0.1) is 12.0 Å². The number of anilines is 1. The molecule has 1 aromatic heterocycles. The molecule has 0 bridgehead atoms. The molecule has 9 heteroatoms. The van der Waals surface area contributed by atoms with Crippen LogP contribution in [0, 0.1) is 5.41 Å². The molecule has 0 aliphatic carbocycles. The normalized spacial score (nSPS) is 15.9. The van der Waals surface area contributed by atoms with Gasteiger partial charge in [-0.2, -0.15) is 0 Å². The average Bonchev–Trinajstić information content (AvgIpc) is 3.02. The van der Waals surface area contributed by atoms with E-state index < -0.39 is 5.41 Å². The van der Waals surface area contributed by atoms with Crippen molar-refractivity contribution in [1.29, 1.82) is 0 Å². The number of amides is 1. The molecule has 1 saturated heterocycles. The predicted molar refractivity (Wildman–Crippen MR) is 104 cm³/mol. The van der Waals surface area contributed by atoms with Crippen LogP contribution in [0.4, 0.5) is 5.69 Å². The lowest BCUT2D eigenvalue weighted by Crippen LogP contribution is -2.47. The summed E-state index contributed by atoms with van der Waals surface area (Å²) < 4.78 is 7.19. The van der Waals surface area contributed by atoms with Gasteiger partial charge in [-0.15, -0.1) is 22.6 Å². The van der Waals surface area contributed by atoms with Gasteiger partial charge in [0.1, 0.15) is 6.33 Å². The zero-order valence-corrected chi connectivity index (χ0v) is 16.5. The number of carbonyl (C=O) groups excluding carboxylic acids is 1. The van der Waals surface area contributed by atoms with Crippen molar-refractivity contribution in [1.82, 2.24) is 20.1 Å². The second kappa shape index (κ2) is 9.36. The quantitative estimate of drug-likeness (QED) is 0.778. The first-order valence-corrected chi connectivity index (χ1v) is 9.08. The highest BCUT2D eigenvalue weighted by Gasteiger charge is 2.39. The van der Waals surface area contributed by atoms with Crippen molar-refractivity contribution >= 4 is 35.8 Å². The summed E-state index contributed by atoms with van der Waals surface area (Å²) in [6, 6.07) is 7.77. The minimum atomic E-state index is -0.452. The molecule has 1 aliphatic heterocycles. The first kappa shape index (κ1) is 20.7. The molecule has 142 valence electrons. The van der Waals surface area contributed by atoms with Gasteiger partial charge in [0.25, 0.3) is 0 Å². The Morgan fingerprint density at radius 2 is 2.04 bits per heavy atom. The van der Waals surface area contributed by atoms with Crippen molar-refractivity contribution in [2.45, 2.75) is 22.9 Å². The molecule has 2 aromatic rings. The second-order valence-corrected chi connectivity index (χ2v) is 7.31. The Morgan fingerprint density at radius 1 is 1.35 bits per heavy atom. The van der Waals surface area contributed by atoms with Gasteiger partial charge in [-0.3, -0.25) is 4.79 Å². The van der Waals surface area contributed by atoms with Crippen LogP contribution >= 0.6 is 24.2 Å². The van der Waals surface area contributed by atoms with E-state index in [1.807, 2.05) is 35.9 Å². The Bertz CT molecular complexity index is 711. The van der Waals surface area contributed by atoms with Gasteiger partial charge in [-0.25, -0.2) is 0 Å². The van der Waals surface area contributed by atoms with Crippen LogP contribution in [-0.4, -0.2) is 47.5 Å². The zero-order valence-electron chi connectivity index (χ0n) is 14.9. The first-order chi connectivity index (χ1) is 12.1. The molecule has 0 spiro atoms. The van der Waals surface area contributed by atoms with E-state index in [0.717, 1.165) is 41.7 Å². The van der Waals surface area contributed by atoms with Crippen LogP contribution in [0.2, 0.25) is 0 Å². The Labute approximate surface area is 163 Å². The lowest BCUT2D eigenvalue weighted by Gasteiger charge is -2.35. The van der Waals surface area contributed by atoms with Gasteiger partial charge >= 0.3 is 0 Å². The van der Waals surface area contributed by atoms with E-state index in [1.165, 1.54) is 11.8 Å². The summed E-state index contributed by atoms with van der Waals surface area (Å²) in [6.07, 6.45) is 3.24. The molecule has 1 fully saturated rings. The third-order valence-corrected chi connectivity index (χ3v) is 5.51. The van der Waals surface area contributed by atoms with Gasteiger partial charge in [-0.05, 0) is 62.0 Å². The highest BCUT2D eigenvalue weighted by Crippen LogP contribution is 2.31. The van der Waals surface area contributed by atoms with E-state index in [4.69, 9.17) is 4.74 Å². The number of carbonyl (C=O) groups is 1. The fourth-order valence-electron chi connectivity index (χ4n) is 2.96. The number of benzene rings is 1. The summed E-state index contributed by atoms with van der Waals surface area (Å²) in [5, 5.41) is 15.1. The number of nitrogens with one attached hydrogen (secondary N) is 2. The summed E-state index contributed by atoms with van der Waals surface area (Å²) in [5.41, 5.74) is 0.341. The molecule has 0 radical (unpaired) electrons. The van der Waals surface area contributed by atoms with E-state index >= 15 is 0 Å². The topological polar surface area (TPSA) is 81.1 Å². The number of methoxy groups -OCH3 is 1. The van der Waals surface area contributed by atoms with Crippen molar-refractivity contribution in [2.24, 2.45) is 12.5 Å². The van der Waals surface area contributed by atoms with Crippen molar-refractivity contribution in [3.05, 3.63) is 30.6 Å². The fraction of sp³-hybridized carbons (Fsp3) is 0.471. The van der Waals surface area contributed by atoms with E-state index in [-0.39, 0.29) is 18.3 Å². The number of rotatable bonds is 6. The van der Waals surface area contributed by atoms with Crippen molar-refractivity contribution in [3.63, 3.8) is 0 Å². The van der Waals surface area contributed by atoms with Crippen LogP contribution in [0.1, 0.15) is 12.8 Å². The van der Waals surface area contributed by atoms with Crippen LogP contribution < -0.4 is 10.6 Å². The van der Waals surface area contributed by atoms with E-state index in [1.54, 1.807) is 13.4 Å². The van der Waals surface area contributed by atoms with Crippen molar-refractivity contribution < 1.29 is 9.53 Å². The molecule has 0 atom stereocenters. The molecule has 2 N–H and O–H groups in total. The lowest BCUT2D eigenvalue weighted by molar-refractivity contribution is -0.130. The summed E-state index contributed by atoms with van der Waals surface area (Å²) in [7, 11) is 3.56. The number of nitrogens with zero attached hydrogens (tertiary/aromatic N) is 3. The molecule has 1 aliphatic rings. The number of piperidine rings is 1. The third kappa shape index (κ3) is 4.76. The molecule has 0 saturated carbocycles. The zero-order chi connectivity index (χ0) is 17.7. The number of aryl methyl sites for hydroxylation is 1. The highest BCUT2D eigenvalue weighted by atomic mass is 35.5. The van der Waals surface area contributed by atoms with Gasteiger partial charge in [-0.1, -0.05) is 0 Å².